The molecule has 0 bridgehead atoms. The van der Waals surface area contributed by atoms with Gasteiger partial charge in [-0.2, -0.15) is 0 Å². The van der Waals surface area contributed by atoms with Crippen molar-refractivity contribution in [2.24, 2.45) is 4.99 Å². The van der Waals surface area contributed by atoms with Crippen LogP contribution < -0.4 is 19.5 Å². The lowest BCUT2D eigenvalue weighted by Crippen LogP contribution is -2.38. The summed E-state index contributed by atoms with van der Waals surface area (Å²) in [4.78, 5) is 10.5. The van der Waals surface area contributed by atoms with Gasteiger partial charge < -0.3 is 24.4 Å². The SMILES string of the molecule is CN=C(NCc1ccnc(OC)c1)N(C)Cc1ccc(OC)cc1OC.I. The van der Waals surface area contributed by atoms with E-state index in [1.54, 1.807) is 34.6 Å². The minimum Gasteiger partial charge on any atom is -0.497 e. The Balaban J connectivity index is 0.00000364. The van der Waals surface area contributed by atoms with Gasteiger partial charge in [0, 0.05) is 51.1 Å². The second-order valence-electron chi connectivity index (χ2n) is 5.64. The summed E-state index contributed by atoms with van der Waals surface area (Å²) < 4.78 is 15.9. The minimum absolute atomic E-state index is 0. The summed E-state index contributed by atoms with van der Waals surface area (Å²) in [6.07, 6.45) is 1.73. The molecule has 0 unspecified atom stereocenters. The third-order valence-corrected chi connectivity index (χ3v) is 3.93. The average Bonchev–Trinajstić information content (AvgIpc) is 2.68. The largest absolute Gasteiger partial charge is 0.497 e. The Hall–Kier alpha value is -2.23. The summed E-state index contributed by atoms with van der Waals surface area (Å²) in [6, 6.07) is 9.63. The molecule has 27 heavy (non-hydrogen) atoms. The number of nitrogens with zero attached hydrogens (tertiary/aromatic N) is 3. The Labute approximate surface area is 177 Å². The van der Waals surface area contributed by atoms with Gasteiger partial charge in [-0.15, -0.1) is 24.0 Å². The first kappa shape index (κ1) is 22.8. The molecule has 7 nitrogen and oxygen atoms in total. The van der Waals surface area contributed by atoms with Gasteiger partial charge in [0.1, 0.15) is 11.5 Å². The molecular formula is C19H27IN4O3. The number of aromatic nitrogens is 1. The van der Waals surface area contributed by atoms with Crippen molar-refractivity contribution in [2.45, 2.75) is 13.1 Å². The number of ether oxygens (including phenoxy) is 3. The summed E-state index contributed by atoms with van der Waals surface area (Å²) in [5, 5.41) is 3.34. The fourth-order valence-electron chi connectivity index (χ4n) is 2.55. The second kappa shape index (κ2) is 11.5. The number of aliphatic imine (C=N–C) groups is 1. The number of nitrogens with one attached hydrogen (secondary N) is 1. The Bertz CT molecular complexity index is 755. The molecule has 0 atom stereocenters. The predicted octanol–water partition coefficient (Wildman–Crippen LogP) is 2.93. The lowest BCUT2D eigenvalue weighted by atomic mass is 10.2. The summed E-state index contributed by atoms with van der Waals surface area (Å²) in [5.41, 5.74) is 2.11. The third-order valence-electron chi connectivity index (χ3n) is 3.93. The van der Waals surface area contributed by atoms with Gasteiger partial charge in [-0.25, -0.2) is 4.98 Å². The molecule has 1 heterocycles. The molecule has 0 spiro atoms. The van der Waals surface area contributed by atoms with Gasteiger partial charge in [0.05, 0.1) is 21.3 Å². The van der Waals surface area contributed by atoms with Gasteiger partial charge in [0.15, 0.2) is 5.96 Å². The van der Waals surface area contributed by atoms with Gasteiger partial charge in [0.2, 0.25) is 5.88 Å². The molecule has 8 heteroatoms. The molecule has 0 saturated heterocycles. The zero-order chi connectivity index (χ0) is 18.9. The van der Waals surface area contributed by atoms with E-state index in [4.69, 9.17) is 14.2 Å². The molecule has 0 aliphatic heterocycles. The molecule has 1 N–H and O–H groups in total. The first-order chi connectivity index (χ1) is 12.6. The Morgan fingerprint density at radius 3 is 2.52 bits per heavy atom. The van der Waals surface area contributed by atoms with Gasteiger partial charge in [-0.3, -0.25) is 4.99 Å². The topological polar surface area (TPSA) is 68.2 Å². The molecule has 1 aromatic heterocycles. The zero-order valence-corrected chi connectivity index (χ0v) is 18.7. The van der Waals surface area contributed by atoms with Crippen LogP contribution in [0.3, 0.4) is 0 Å². The number of hydrogen-bond donors (Lipinski definition) is 1. The van der Waals surface area contributed by atoms with Crippen LogP contribution in [-0.2, 0) is 13.1 Å². The molecule has 0 amide bonds. The number of rotatable bonds is 7. The van der Waals surface area contributed by atoms with Crippen LogP contribution in [0, 0.1) is 0 Å². The lowest BCUT2D eigenvalue weighted by Gasteiger charge is -2.23. The maximum absolute atomic E-state index is 5.47. The second-order valence-corrected chi connectivity index (χ2v) is 5.64. The smallest absolute Gasteiger partial charge is 0.213 e. The standard InChI is InChI=1S/C19H26N4O3.HI/c1-20-19(22-12-14-8-9-21-18(10-14)26-5)23(2)13-15-6-7-16(24-3)11-17(15)25-4;/h6-11H,12-13H2,1-5H3,(H,20,22);1H. The van der Waals surface area contributed by atoms with Gasteiger partial charge in [0.25, 0.3) is 0 Å². The summed E-state index contributed by atoms with van der Waals surface area (Å²) in [7, 11) is 8.64. The number of guanidine groups is 1. The van der Waals surface area contributed by atoms with E-state index in [0.717, 1.165) is 28.6 Å². The highest BCUT2D eigenvalue weighted by Gasteiger charge is 2.11. The Kier molecular flexibility index (Phi) is 9.70. The number of halogens is 1. The van der Waals surface area contributed by atoms with Crippen molar-refractivity contribution >= 4 is 29.9 Å². The van der Waals surface area contributed by atoms with Crippen LogP contribution in [-0.4, -0.2) is 51.3 Å². The van der Waals surface area contributed by atoms with Crippen molar-refractivity contribution < 1.29 is 14.2 Å². The summed E-state index contributed by atoms with van der Waals surface area (Å²) >= 11 is 0. The monoisotopic (exact) mass is 486 g/mol. The van der Waals surface area contributed by atoms with Crippen molar-refractivity contribution in [3.63, 3.8) is 0 Å². The van der Waals surface area contributed by atoms with E-state index in [0.29, 0.717) is 19.0 Å². The molecular weight excluding hydrogens is 459 g/mol. The maximum Gasteiger partial charge on any atom is 0.213 e. The fraction of sp³-hybridized carbons (Fsp3) is 0.368. The number of hydrogen-bond acceptors (Lipinski definition) is 5. The predicted molar refractivity (Wildman–Crippen MR) is 117 cm³/mol. The van der Waals surface area contributed by atoms with Crippen LogP contribution in [0.4, 0.5) is 0 Å². The quantitative estimate of drug-likeness (QED) is 0.369. The minimum atomic E-state index is 0. The molecule has 0 saturated carbocycles. The fourth-order valence-corrected chi connectivity index (χ4v) is 2.55. The van der Waals surface area contributed by atoms with Crippen LogP contribution in [0.5, 0.6) is 17.4 Å². The molecule has 2 aromatic rings. The van der Waals surface area contributed by atoms with Crippen LogP contribution in [0.25, 0.3) is 0 Å². The maximum atomic E-state index is 5.47. The Morgan fingerprint density at radius 1 is 1.11 bits per heavy atom. The first-order valence-electron chi connectivity index (χ1n) is 8.22. The molecule has 0 aliphatic carbocycles. The molecule has 148 valence electrons. The van der Waals surface area contributed by atoms with Gasteiger partial charge in [-0.1, -0.05) is 0 Å². The average molecular weight is 486 g/mol. The Morgan fingerprint density at radius 2 is 1.89 bits per heavy atom. The van der Waals surface area contributed by atoms with Crippen LogP contribution in [0.1, 0.15) is 11.1 Å². The highest BCUT2D eigenvalue weighted by atomic mass is 127. The van der Waals surface area contributed by atoms with Crippen molar-refractivity contribution in [3.8, 4) is 17.4 Å². The van der Waals surface area contributed by atoms with Crippen molar-refractivity contribution in [1.82, 2.24) is 15.2 Å². The van der Waals surface area contributed by atoms with E-state index in [9.17, 15) is 0 Å². The normalized spacial score (nSPS) is 10.6. The molecule has 0 fully saturated rings. The van der Waals surface area contributed by atoms with E-state index < -0.39 is 0 Å². The molecule has 0 radical (unpaired) electrons. The summed E-state index contributed by atoms with van der Waals surface area (Å²) in [6.45, 7) is 1.27. The molecule has 1 aromatic carbocycles. The van der Waals surface area contributed by atoms with Crippen LogP contribution >= 0.6 is 24.0 Å². The van der Waals surface area contributed by atoms with E-state index in [1.807, 2.05) is 42.3 Å². The highest BCUT2D eigenvalue weighted by Crippen LogP contribution is 2.25. The molecule has 2 rings (SSSR count). The van der Waals surface area contributed by atoms with E-state index in [1.165, 1.54) is 0 Å². The van der Waals surface area contributed by atoms with Crippen molar-refractivity contribution in [1.29, 1.82) is 0 Å². The number of methoxy groups -OCH3 is 3. The third kappa shape index (κ3) is 6.46. The number of benzene rings is 1. The van der Waals surface area contributed by atoms with E-state index >= 15 is 0 Å². The van der Waals surface area contributed by atoms with Crippen molar-refractivity contribution in [2.75, 3.05) is 35.4 Å². The van der Waals surface area contributed by atoms with Gasteiger partial charge >= 0.3 is 0 Å². The first-order valence-corrected chi connectivity index (χ1v) is 8.22. The van der Waals surface area contributed by atoms with Gasteiger partial charge in [-0.05, 0) is 23.8 Å². The van der Waals surface area contributed by atoms with Crippen molar-refractivity contribution in [3.05, 3.63) is 47.7 Å². The summed E-state index contributed by atoms with van der Waals surface area (Å²) in [5.74, 6) is 2.92. The van der Waals surface area contributed by atoms with E-state index in [-0.39, 0.29) is 24.0 Å². The molecule has 0 aliphatic rings. The van der Waals surface area contributed by atoms with Crippen LogP contribution in [0.15, 0.2) is 41.5 Å². The lowest BCUT2D eigenvalue weighted by molar-refractivity contribution is 0.382. The highest BCUT2D eigenvalue weighted by molar-refractivity contribution is 14.0. The van der Waals surface area contributed by atoms with Crippen LogP contribution in [0.2, 0.25) is 0 Å². The zero-order valence-electron chi connectivity index (χ0n) is 16.4. The number of pyridine rings is 1. The van der Waals surface area contributed by atoms with E-state index in [2.05, 4.69) is 15.3 Å².